The molecule has 18 heavy (non-hydrogen) atoms. The van der Waals surface area contributed by atoms with E-state index in [9.17, 15) is 4.79 Å². The Kier molecular flexibility index (Phi) is 14.0. The third-order valence-corrected chi connectivity index (χ3v) is 2.93. The normalized spacial score (nSPS) is 10.6. The minimum atomic E-state index is 0.147. The van der Waals surface area contributed by atoms with Crippen molar-refractivity contribution in [2.24, 2.45) is 0 Å². The van der Waals surface area contributed by atoms with E-state index in [1.54, 1.807) is 0 Å². The quantitative estimate of drug-likeness (QED) is 0.350. The first kappa shape index (κ1) is 17.4. The molecule has 0 aromatic rings. The van der Waals surface area contributed by atoms with Crippen LogP contribution < -0.4 is 10.6 Å². The zero-order valence-corrected chi connectivity index (χ0v) is 11.8. The second-order valence-corrected chi connectivity index (χ2v) is 4.73. The summed E-state index contributed by atoms with van der Waals surface area (Å²) in [5, 5.41) is 14.7. The largest absolute Gasteiger partial charge is 0.396 e. The van der Waals surface area contributed by atoms with Gasteiger partial charge in [-0.3, -0.25) is 10.1 Å². The molecule has 0 aliphatic carbocycles. The van der Waals surface area contributed by atoms with Crippen molar-refractivity contribution >= 4 is 5.91 Å². The van der Waals surface area contributed by atoms with Crippen LogP contribution in [0.15, 0.2) is 0 Å². The van der Waals surface area contributed by atoms with E-state index >= 15 is 0 Å². The van der Waals surface area contributed by atoms with E-state index in [0.717, 1.165) is 38.6 Å². The molecule has 0 unspecified atom stereocenters. The molecule has 0 heterocycles. The number of unbranched alkanes of at least 4 members (excludes halogenated alkanes) is 6. The van der Waals surface area contributed by atoms with Gasteiger partial charge < -0.3 is 10.4 Å². The average Bonchev–Trinajstić information content (AvgIpc) is 2.38. The van der Waals surface area contributed by atoms with Crippen molar-refractivity contribution in [3.05, 3.63) is 0 Å². The highest BCUT2D eigenvalue weighted by atomic mass is 16.2. The number of hydrogen-bond acceptors (Lipinski definition) is 3. The molecule has 0 aliphatic heterocycles. The zero-order chi connectivity index (χ0) is 13.5. The van der Waals surface area contributed by atoms with Crippen LogP contribution in [0.5, 0.6) is 0 Å². The molecule has 0 aromatic heterocycles. The lowest BCUT2D eigenvalue weighted by Crippen LogP contribution is -2.34. The summed E-state index contributed by atoms with van der Waals surface area (Å²) in [6.07, 6.45) is 9.59. The maximum absolute atomic E-state index is 11.3. The van der Waals surface area contributed by atoms with Gasteiger partial charge in [-0.2, -0.15) is 0 Å². The van der Waals surface area contributed by atoms with Crippen molar-refractivity contribution in [2.45, 2.75) is 64.7 Å². The van der Waals surface area contributed by atoms with Gasteiger partial charge in [-0.1, -0.05) is 39.0 Å². The van der Waals surface area contributed by atoms with Crippen LogP contribution in [0, 0.1) is 0 Å². The van der Waals surface area contributed by atoms with E-state index in [1.807, 2.05) is 0 Å². The Bertz CT molecular complexity index is 187. The number of carbonyl (C=O) groups is 1. The Morgan fingerprint density at radius 1 is 1.00 bits per heavy atom. The van der Waals surface area contributed by atoms with Crippen molar-refractivity contribution in [1.82, 2.24) is 10.6 Å². The van der Waals surface area contributed by atoms with Crippen LogP contribution in [0.1, 0.15) is 64.7 Å². The van der Waals surface area contributed by atoms with Gasteiger partial charge in [0.05, 0.1) is 6.67 Å². The molecular formula is C14H30N2O2. The molecule has 0 fully saturated rings. The summed E-state index contributed by atoms with van der Waals surface area (Å²) in [6.45, 7) is 3.96. The highest BCUT2D eigenvalue weighted by molar-refractivity contribution is 5.75. The number of nitrogens with one attached hydrogen (secondary N) is 2. The van der Waals surface area contributed by atoms with Crippen LogP contribution >= 0.6 is 0 Å². The molecule has 0 rings (SSSR count). The Labute approximate surface area is 112 Å². The van der Waals surface area contributed by atoms with Crippen molar-refractivity contribution in [3.8, 4) is 0 Å². The summed E-state index contributed by atoms with van der Waals surface area (Å²) in [7, 11) is 0. The molecule has 0 bridgehead atoms. The van der Waals surface area contributed by atoms with Gasteiger partial charge >= 0.3 is 0 Å². The van der Waals surface area contributed by atoms with Gasteiger partial charge in [0, 0.05) is 13.0 Å². The Morgan fingerprint density at radius 3 is 2.33 bits per heavy atom. The third-order valence-electron chi connectivity index (χ3n) is 2.93. The van der Waals surface area contributed by atoms with Crippen LogP contribution in [0.25, 0.3) is 0 Å². The second-order valence-electron chi connectivity index (χ2n) is 4.73. The minimum Gasteiger partial charge on any atom is -0.396 e. The minimum absolute atomic E-state index is 0.147. The second kappa shape index (κ2) is 14.5. The summed E-state index contributed by atoms with van der Waals surface area (Å²) >= 11 is 0. The first-order valence-electron chi connectivity index (χ1n) is 7.39. The SMILES string of the molecule is CCCCC(=O)NCNCCCCCCCCO. The van der Waals surface area contributed by atoms with Crippen LogP contribution in [0.4, 0.5) is 0 Å². The molecule has 0 radical (unpaired) electrons. The smallest absolute Gasteiger partial charge is 0.220 e. The number of amides is 1. The maximum atomic E-state index is 11.3. The fraction of sp³-hybridized carbons (Fsp3) is 0.929. The van der Waals surface area contributed by atoms with Gasteiger partial charge in [0.1, 0.15) is 0 Å². The van der Waals surface area contributed by atoms with Gasteiger partial charge in [0.15, 0.2) is 0 Å². The summed E-state index contributed by atoms with van der Waals surface area (Å²) < 4.78 is 0. The maximum Gasteiger partial charge on any atom is 0.220 e. The van der Waals surface area contributed by atoms with Gasteiger partial charge in [0.25, 0.3) is 0 Å². The Hall–Kier alpha value is -0.610. The number of aliphatic hydroxyl groups is 1. The van der Waals surface area contributed by atoms with Crippen LogP contribution in [0.2, 0.25) is 0 Å². The monoisotopic (exact) mass is 258 g/mol. The van der Waals surface area contributed by atoms with Crippen molar-refractivity contribution in [1.29, 1.82) is 0 Å². The zero-order valence-electron chi connectivity index (χ0n) is 11.8. The van der Waals surface area contributed by atoms with Crippen LogP contribution in [-0.2, 0) is 4.79 Å². The molecule has 108 valence electrons. The van der Waals surface area contributed by atoms with Gasteiger partial charge in [0.2, 0.25) is 5.91 Å². The van der Waals surface area contributed by atoms with Crippen LogP contribution in [0.3, 0.4) is 0 Å². The lowest BCUT2D eigenvalue weighted by Gasteiger charge is -2.06. The standard InChI is InChI=1S/C14H30N2O2/c1-2-3-10-14(18)16-13-15-11-8-6-4-5-7-9-12-17/h15,17H,2-13H2,1H3,(H,16,18). The van der Waals surface area contributed by atoms with Crippen LogP contribution in [-0.4, -0.2) is 30.8 Å². The molecule has 0 atom stereocenters. The molecule has 0 aliphatic rings. The Morgan fingerprint density at radius 2 is 1.67 bits per heavy atom. The fourth-order valence-corrected chi connectivity index (χ4v) is 1.74. The first-order chi connectivity index (χ1) is 8.81. The van der Waals surface area contributed by atoms with E-state index in [0.29, 0.717) is 19.7 Å². The molecule has 1 amide bonds. The summed E-state index contributed by atoms with van der Waals surface area (Å²) in [6, 6.07) is 0. The van der Waals surface area contributed by atoms with Gasteiger partial charge in [-0.15, -0.1) is 0 Å². The van der Waals surface area contributed by atoms with Crippen molar-refractivity contribution < 1.29 is 9.90 Å². The van der Waals surface area contributed by atoms with E-state index < -0.39 is 0 Å². The van der Waals surface area contributed by atoms with Gasteiger partial charge in [-0.05, 0) is 25.8 Å². The van der Waals surface area contributed by atoms with E-state index in [2.05, 4.69) is 17.6 Å². The molecule has 0 saturated carbocycles. The number of hydrogen-bond donors (Lipinski definition) is 3. The molecule has 4 heteroatoms. The topological polar surface area (TPSA) is 61.4 Å². The van der Waals surface area contributed by atoms with Crippen molar-refractivity contribution in [2.75, 3.05) is 19.8 Å². The van der Waals surface area contributed by atoms with E-state index in [4.69, 9.17) is 5.11 Å². The predicted octanol–water partition coefficient (Wildman–Crippen LogP) is 2.17. The molecule has 0 saturated heterocycles. The predicted molar refractivity (Wildman–Crippen MR) is 75.3 cm³/mol. The Balaban J connectivity index is 3.04. The van der Waals surface area contributed by atoms with E-state index in [-0.39, 0.29) is 5.91 Å². The molecular weight excluding hydrogens is 228 g/mol. The van der Waals surface area contributed by atoms with E-state index in [1.165, 1.54) is 19.3 Å². The highest BCUT2D eigenvalue weighted by Crippen LogP contribution is 2.04. The molecule has 3 N–H and O–H groups in total. The van der Waals surface area contributed by atoms with Crippen molar-refractivity contribution in [3.63, 3.8) is 0 Å². The molecule has 0 aromatic carbocycles. The lowest BCUT2D eigenvalue weighted by molar-refractivity contribution is -0.121. The summed E-state index contributed by atoms with van der Waals surface area (Å²) in [5.74, 6) is 0.147. The summed E-state index contributed by atoms with van der Waals surface area (Å²) in [5.41, 5.74) is 0. The fourth-order valence-electron chi connectivity index (χ4n) is 1.74. The lowest BCUT2D eigenvalue weighted by atomic mass is 10.1. The number of carbonyl (C=O) groups excluding carboxylic acids is 1. The molecule has 4 nitrogen and oxygen atoms in total. The van der Waals surface area contributed by atoms with Gasteiger partial charge in [-0.25, -0.2) is 0 Å². The average molecular weight is 258 g/mol. The molecule has 0 spiro atoms. The highest BCUT2D eigenvalue weighted by Gasteiger charge is 1.98. The summed E-state index contributed by atoms with van der Waals surface area (Å²) in [4.78, 5) is 11.3. The number of aliphatic hydroxyl groups excluding tert-OH is 1. The third kappa shape index (κ3) is 13.5. The first-order valence-corrected chi connectivity index (χ1v) is 7.39. The number of rotatable bonds is 13.